The molecule has 18 nitrogen and oxygen atoms in total. The second-order valence-corrected chi connectivity index (χ2v) is 32.3. The topological polar surface area (TPSA) is 153 Å². The van der Waals surface area contributed by atoms with Gasteiger partial charge >= 0.3 is 59.1 Å². The number of rotatable bonds is 16. The van der Waals surface area contributed by atoms with E-state index >= 15 is 0 Å². The van der Waals surface area contributed by atoms with Gasteiger partial charge in [-0.3, -0.25) is 18.3 Å². The molecule has 0 aliphatic heterocycles. The van der Waals surface area contributed by atoms with Gasteiger partial charge in [-0.1, -0.05) is 156 Å². The third-order valence-electron chi connectivity index (χ3n) is 10.7. The van der Waals surface area contributed by atoms with Crippen LogP contribution < -0.4 is 69.3 Å². The second-order valence-electron chi connectivity index (χ2n) is 18.6. The van der Waals surface area contributed by atoms with E-state index in [2.05, 4.69) is 0 Å². The first-order valence-corrected chi connectivity index (χ1v) is 29.4. The zero-order valence-electron chi connectivity index (χ0n) is 50.3. The van der Waals surface area contributed by atoms with Crippen molar-refractivity contribution in [1.82, 2.24) is 56.0 Å². The number of hydrogen-bond acceptors (Lipinski definition) is 6. The van der Waals surface area contributed by atoms with E-state index in [1.807, 2.05) is 290 Å². The van der Waals surface area contributed by atoms with Gasteiger partial charge in [-0.2, -0.15) is 0 Å². The van der Waals surface area contributed by atoms with Crippen molar-refractivity contribution in [2.75, 3.05) is 169 Å². The van der Waals surface area contributed by atoms with Crippen LogP contribution in [0, 0.1) is 0 Å². The Morgan fingerprint density at radius 1 is 0.243 bits per heavy atom. The standard InChI is InChI=1S/2C13H11O.4C6H18N3OP.2Na/c2*14-13(11-7-3-1-4-8-11)12-9-5-2-6-10-12;4*1-7(2)11(10,8(3)4)9(5)6;;/h2*1-10,13H;4*1-6H3;;/q2*-1;;;;;2*+1. The molecule has 4 aromatic rings. The van der Waals surface area contributed by atoms with Crippen LogP contribution in [0.2, 0.25) is 0 Å². The van der Waals surface area contributed by atoms with E-state index in [4.69, 9.17) is 0 Å². The SMILES string of the molecule is CN(C)P(=O)(N(C)C)N(C)C.CN(C)P(=O)(N(C)C)N(C)C.CN(C)P(=O)(N(C)C)N(C)C.CN(C)P(=O)(N(C)C)N(C)C.[Na+].[Na+].[O-]C(c1ccccc1)c1ccccc1.[O-]C(c1ccccc1)c1ccccc1. The van der Waals surface area contributed by atoms with Crippen molar-refractivity contribution >= 4 is 30.4 Å². The van der Waals surface area contributed by atoms with E-state index in [0.29, 0.717) is 0 Å². The van der Waals surface area contributed by atoms with Crippen molar-refractivity contribution in [2.45, 2.75) is 12.2 Å². The monoisotopic (exact) mass is 1130 g/mol. The Morgan fingerprint density at radius 3 is 0.405 bits per heavy atom. The predicted octanol–water partition coefficient (Wildman–Crippen LogP) is 1.40. The third-order valence-corrected chi connectivity index (χ3v) is 23.2. The fourth-order valence-electron chi connectivity index (χ4n) is 7.19. The summed E-state index contributed by atoms with van der Waals surface area (Å²) in [5, 5.41) is 23.9. The maximum absolute atomic E-state index is 12.1. The average Bonchev–Trinajstić information content (AvgIpc) is 3.33. The number of hydrogen-bond donors (Lipinski definition) is 0. The molecule has 412 valence electrons. The van der Waals surface area contributed by atoms with Crippen LogP contribution in [0.5, 0.6) is 0 Å². The Balaban J connectivity index is -0.000000397. The summed E-state index contributed by atoms with van der Waals surface area (Å²) in [7, 11) is 33.9. The molecule has 4 rings (SSSR count). The quantitative estimate of drug-likeness (QED) is 0.117. The second kappa shape index (κ2) is 38.8. The zero-order valence-corrected chi connectivity index (χ0v) is 57.9. The molecule has 0 aromatic heterocycles. The van der Waals surface area contributed by atoms with Crippen LogP contribution in [0.15, 0.2) is 121 Å². The molecule has 0 atom stereocenters. The van der Waals surface area contributed by atoms with Gasteiger partial charge in [-0.15, -0.1) is 0 Å². The molecule has 74 heavy (non-hydrogen) atoms. The van der Waals surface area contributed by atoms with Crippen molar-refractivity contribution in [3.05, 3.63) is 144 Å². The maximum atomic E-state index is 12.1. The van der Waals surface area contributed by atoms with E-state index in [0.717, 1.165) is 22.3 Å². The van der Waals surface area contributed by atoms with Crippen molar-refractivity contribution < 1.29 is 87.6 Å². The van der Waals surface area contributed by atoms with Crippen LogP contribution in [-0.4, -0.2) is 225 Å². The predicted molar refractivity (Wildman–Crippen MR) is 304 cm³/mol. The van der Waals surface area contributed by atoms with Gasteiger partial charge in [0.25, 0.3) is 30.4 Å². The summed E-state index contributed by atoms with van der Waals surface area (Å²) in [5.74, 6) is 0. The Bertz CT molecular complexity index is 1810. The van der Waals surface area contributed by atoms with Gasteiger partial charge in [0.15, 0.2) is 0 Å². The van der Waals surface area contributed by atoms with E-state index in [-0.39, 0.29) is 59.1 Å². The molecular formula is C50H94N12Na2O6P4. The maximum Gasteiger partial charge on any atom is 1.00 e. The summed E-state index contributed by atoms with van der Waals surface area (Å²) >= 11 is 0. The first kappa shape index (κ1) is 79.7. The summed E-state index contributed by atoms with van der Waals surface area (Å²) in [6.07, 6.45) is -1.53. The van der Waals surface area contributed by atoms with E-state index in [9.17, 15) is 28.5 Å². The van der Waals surface area contributed by atoms with Gasteiger partial charge in [-0.05, 0) is 169 Å². The molecule has 0 radical (unpaired) electrons. The molecule has 0 saturated carbocycles. The van der Waals surface area contributed by atoms with E-state index < -0.39 is 42.6 Å². The summed E-state index contributed by atoms with van der Waals surface area (Å²) in [5.41, 5.74) is 3.27. The number of benzene rings is 4. The van der Waals surface area contributed by atoms with Crippen molar-refractivity contribution in [1.29, 1.82) is 0 Å². The molecule has 4 aromatic carbocycles. The van der Waals surface area contributed by atoms with Crippen LogP contribution in [-0.2, 0) is 18.3 Å². The minimum absolute atomic E-state index is 0. The fraction of sp³-hybridized carbons (Fsp3) is 0.520. The van der Waals surface area contributed by atoms with Crippen molar-refractivity contribution in [2.24, 2.45) is 0 Å². The van der Waals surface area contributed by atoms with Gasteiger partial charge in [0.2, 0.25) is 0 Å². The van der Waals surface area contributed by atoms with Gasteiger partial charge in [0.1, 0.15) is 0 Å². The fourth-order valence-corrected chi connectivity index (χ4v) is 15.8. The van der Waals surface area contributed by atoms with Gasteiger partial charge in [0.05, 0.1) is 0 Å². The molecule has 0 aliphatic rings. The third kappa shape index (κ3) is 24.7. The molecule has 0 spiro atoms. The Labute approximate surface area is 494 Å². The van der Waals surface area contributed by atoms with Crippen LogP contribution in [0.4, 0.5) is 0 Å². The molecule has 0 aliphatic carbocycles. The Morgan fingerprint density at radius 2 is 0.338 bits per heavy atom. The molecule has 0 N–H and O–H groups in total. The van der Waals surface area contributed by atoms with Gasteiger partial charge in [0, 0.05) is 0 Å². The molecule has 0 unspecified atom stereocenters. The largest absolute Gasteiger partial charge is 1.00 e. The van der Waals surface area contributed by atoms with Crippen LogP contribution in [0.3, 0.4) is 0 Å². The average molecular weight is 1130 g/mol. The Kier molecular flexibility index (Phi) is 41.8. The van der Waals surface area contributed by atoms with Crippen molar-refractivity contribution in [3.8, 4) is 0 Å². The minimum atomic E-state index is -2.44. The van der Waals surface area contributed by atoms with Crippen LogP contribution in [0.25, 0.3) is 0 Å². The minimum Gasteiger partial charge on any atom is -0.845 e. The van der Waals surface area contributed by atoms with E-state index in [1.54, 1.807) is 56.0 Å². The van der Waals surface area contributed by atoms with Crippen molar-refractivity contribution in [3.63, 3.8) is 0 Å². The summed E-state index contributed by atoms with van der Waals surface area (Å²) < 4.78 is 69.3. The summed E-state index contributed by atoms with van der Waals surface area (Å²) in [6.45, 7) is 0. The summed E-state index contributed by atoms with van der Waals surface area (Å²) in [4.78, 5) is 0. The normalized spacial score (nSPS) is 12.0. The molecule has 0 amide bonds. The van der Waals surface area contributed by atoms with E-state index in [1.165, 1.54) is 0 Å². The molecule has 0 bridgehead atoms. The molecule has 0 saturated heterocycles. The van der Waals surface area contributed by atoms with Crippen LogP contribution >= 0.6 is 30.4 Å². The molecule has 0 heterocycles. The summed E-state index contributed by atoms with van der Waals surface area (Å²) in [6, 6.07) is 37.7. The molecule has 0 fully saturated rings. The Hall–Kier alpha value is -0.760. The number of nitrogens with zero attached hydrogens (tertiary/aromatic N) is 12. The zero-order chi connectivity index (χ0) is 56.5. The van der Waals surface area contributed by atoms with Crippen LogP contribution in [0.1, 0.15) is 34.5 Å². The van der Waals surface area contributed by atoms with Gasteiger partial charge in [-0.25, -0.2) is 56.0 Å². The molecular weight excluding hydrogens is 1030 g/mol. The first-order chi connectivity index (χ1) is 33.1. The first-order valence-electron chi connectivity index (χ1n) is 23.1. The van der Waals surface area contributed by atoms with Gasteiger partial charge < -0.3 is 10.2 Å². The molecule has 24 heteroatoms. The smallest absolute Gasteiger partial charge is 0.845 e.